The summed E-state index contributed by atoms with van der Waals surface area (Å²) < 4.78 is 0. The summed E-state index contributed by atoms with van der Waals surface area (Å²) in [6, 6.07) is 9.04. The zero-order valence-electron chi connectivity index (χ0n) is 13.8. The lowest BCUT2D eigenvalue weighted by Gasteiger charge is -2.23. The Labute approximate surface area is 128 Å². The highest BCUT2D eigenvalue weighted by Gasteiger charge is 2.18. The normalized spacial score (nSPS) is 12.4. The number of rotatable bonds is 5. The maximum Gasteiger partial charge on any atom is 0.0597 e. The van der Waals surface area contributed by atoms with Crippen molar-refractivity contribution in [2.75, 3.05) is 6.54 Å². The van der Waals surface area contributed by atoms with Crippen LogP contribution in [0.1, 0.15) is 52.9 Å². The van der Waals surface area contributed by atoms with Crippen molar-refractivity contribution in [3.8, 4) is 0 Å². The first kappa shape index (κ1) is 15.7. The molecule has 1 atom stereocenters. The summed E-state index contributed by atoms with van der Waals surface area (Å²) in [5.74, 6) is 0. The molecule has 0 aliphatic rings. The van der Waals surface area contributed by atoms with Crippen molar-refractivity contribution in [2.45, 2.75) is 47.1 Å². The first-order valence-electron chi connectivity index (χ1n) is 7.77. The average molecular weight is 282 g/mol. The van der Waals surface area contributed by atoms with Gasteiger partial charge in [-0.1, -0.05) is 25.1 Å². The fraction of sp³-hybridized carbons (Fsp3) is 0.421. The van der Waals surface area contributed by atoms with Crippen LogP contribution in [-0.4, -0.2) is 11.5 Å². The van der Waals surface area contributed by atoms with Gasteiger partial charge >= 0.3 is 0 Å². The van der Waals surface area contributed by atoms with E-state index in [1.807, 2.05) is 12.3 Å². The van der Waals surface area contributed by atoms with E-state index < -0.39 is 0 Å². The van der Waals surface area contributed by atoms with Crippen molar-refractivity contribution in [2.24, 2.45) is 0 Å². The average Bonchev–Trinajstić information content (AvgIpc) is 2.46. The molecule has 2 nitrogen and oxygen atoms in total. The molecule has 21 heavy (non-hydrogen) atoms. The maximum atomic E-state index is 4.46. The van der Waals surface area contributed by atoms with E-state index >= 15 is 0 Å². The molecule has 1 aromatic heterocycles. The molecule has 1 aromatic carbocycles. The Morgan fingerprint density at radius 2 is 1.71 bits per heavy atom. The topological polar surface area (TPSA) is 24.9 Å². The van der Waals surface area contributed by atoms with Crippen molar-refractivity contribution in [3.63, 3.8) is 0 Å². The lowest BCUT2D eigenvalue weighted by atomic mass is 9.91. The summed E-state index contributed by atoms with van der Waals surface area (Å²) in [6.45, 7) is 11.9. The van der Waals surface area contributed by atoms with Gasteiger partial charge in [0.25, 0.3) is 0 Å². The predicted octanol–water partition coefficient (Wildman–Crippen LogP) is 4.40. The van der Waals surface area contributed by atoms with E-state index in [9.17, 15) is 0 Å². The zero-order valence-corrected chi connectivity index (χ0v) is 13.8. The minimum atomic E-state index is 0.220. The van der Waals surface area contributed by atoms with Gasteiger partial charge in [0.05, 0.1) is 6.04 Å². The van der Waals surface area contributed by atoms with E-state index in [0.717, 1.165) is 18.7 Å². The molecule has 0 aliphatic heterocycles. The van der Waals surface area contributed by atoms with Gasteiger partial charge in [0.15, 0.2) is 0 Å². The van der Waals surface area contributed by atoms with Crippen LogP contribution in [0.25, 0.3) is 0 Å². The zero-order chi connectivity index (χ0) is 15.4. The first-order valence-corrected chi connectivity index (χ1v) is 7.77. The van der Waals surface area contributed by atoms with Crippen LogP contribution in [0.15, 0.2) is 30.5 Å². The van der Waals surface area contributed by atoms with Crippen molar-refractivity contribution < 1.29 is 0 Å². The summed E-state index contributed by atoms with van der Waals surface area (Å²) in [7, 11) is 0. The van der Waals surface area contributed by atoms with Crippen LogP contribution in [-0.2, 0) is 0 Å². The Morgan fingerprint density at radius 1 is 1.00 bits per heavy atom. The molecule has 0 spiro atoms. The summed E-state index contributed by atoms with van der Waals surface area (Å²) in [4.78, 5) is 4.46. The van der Waals surface area contributed by atoms with E-state index in [1.54, 1.807) is 0 Å². The third-order valence-corrected chi connectivity index (χ3v) is 4.15. The molecular formula is C19H26N2. The lowest BCUT2D eigenvalue weighted by molar-refractivity contribution is 0.591. The summed E-state index contributed by atoms with van der Waals surface area (Å²) in [5, 5.41) is 3.69. The molecule has 2 rings (SSSR count). The number of nitrogens with one attached hydrogen (secondary N) is 1. The molecular weight excluding hydrogens is 256 g/mol. The molecule has 2 aromatic rings. The molecule has 1 heterocycles. The highest BCUT2D eigenvalue weighted by atomic mass is 14.9. The Balaban J connectivity index is 2.51. The van der Waals surface area contributed by atoms with E-state index in [2.05, 4.69) is 63.1 Å². The smallest absolute Gasteiger partial charge is 0.0597 e. The fourth-order valence-corrected chi connectivity index (χ4v) is 2.77. The number of hydrogen-bond acceptors (Lipinski definition) is 2. The number of pyridine rings is 1. The van der Waals surface area contributed by atoms with Crippen LogP contribution in [0.2, 0.25) is 0 Å². The highest BCUT2D eigenvalue weighted by Crippen LogP contribution is 2.28. The number of hydrogen-bond donors (Lipinski definition) is 1. The molecule has 0 radical (unpaired) electrons. The van der Waals surface area contributed by atoms with Gasteiger partial charge in [-0.15, -0.1) is 0 Å². The number of aryl methyl sites for hydroxylation is 4. The molecule has 0 aliphatic carbocycles. The van der Waals surface area contributed by atoms with Crippen molar-refractivity contribution >= 4 is 0 Å². The summed E-state index contributed by atoms with van der Waals surface area (Å²) in [5.41, 5.74) is 7.78. The first-order chi connectivity index (χ1) is 10.0. The lowest BCUT2D eigenvalue weighted by Crippen LogP contribution is -2.25. The summed E-state index contributed by atoms with van der Waals surface area (Å²) >= 11 is 0. The minimum absolute atomic E-state index is 0.220. The second-order valence-electron chi connectivity index (χ2n) is 5.86. The minimum Gasteiger partial charge on any atom is -0.306 e. The van der Waals surface area contributed by atoms with Crippen LogP contribution in [0.5, 0.6) is 0 Å². The quantitative estimate of drug-likeness (QED) is 0.879. The van der Waals surface area contributed by atoms with Gasteiger partial charge in [0.2, 0.25) is 0 Å². The molecule has 1 N–H and O–H groups in total. The van der Waals surface area contributed by atoms with Gasteiger partial charge in [-0.05, 0) is 74.5 Å². The third kappa shape index (κ3) is 3.51. The largest absolute Gasteiger partial charge is 0.306 e. The molecule has 2 heteroatoms. The number of benzene rings is 1. The maximum absolute atomic E-state index is 4.46. The highest BCUT2D eigenvalue weighted by molar-refractivity contribution is 5.43. The van der Waals surface area contributed by atoms with Crippen molar-refractivity contribution in [1.82, 2.24) is 10.3 Å². The van der Waals surface area contributed by atoms with Gasteiger partial charge in [0, 0.05) is 11.9 Å². The Kier molecular flexibility index (Phi) is 5.13. The molecule has 1 unspecified atom stereocenters. The van der Waals surface area contributed by atoms with Gasteiger partial charge in [-0.25, -0.2) is 0 Å². The fourth-order valence-electron chi connectivity index (χ4n) is 2.77. The Bertz CT molecular complexity index is 617. The molecule has 0 fully saturated rings. The van der Waals surface area contributed by atoms with Crippen LogP contribution < -0.4 is 5.32 Å². The monoisotopic (exact) mass is 282 g/mol. The SMILES string of the molecule is CCCNC(c1cc(C)c(C)cc1C)c1cccnc1C. The van der Waals surface area contributed by atoms with Gasteiger partial charge < -0.3 is 5.32 Å². The van der Waals surface area contributed by atoms with Crippen molar-refractivity contribution in [3.05, 3.63) is 64.0 Å². The Hall–Kier alpha value is -1.67. The van der Waals surface area contributed by atoms with Crippen LogP contribution in [0.3, 0.4) is 0 Å². The second-order valence-corrected chi connectivity index (χ2v) is 5.86. The van der Waals surface area contributed by atoms with Crippen LogP contribution in [0.4, 0.5) is 0 Å². The van der Waals surface area contributed by atoms with Crippen molar-refractivity contribution in [1.29, 1.82) is 0 Å². The molecule has 0 saturated heterocycles. The molecule has 0 bridgehead atoms. The van der Waals surface area contributed by atoms with Crippen LogP contribution >= 0.6 is 0 Å². The predicted molar refractivity (Wildman–Crippen MR) is 89.8 cm³/mol. The van der Waals surface area contributed by atoms with E-state index in [4.69, 9.17) is 0 Å². The molecule has 0 amide bonds. The number of aromatic nitrogens is 1. The van der Waals surface area contributed by atoms with Gasteiger partial charge in [-0.3, -0.25) is 4.98 Å². The van der Waals surface area contributed by atoms with E-state index in [0.29, 0.717) is 0 Å². The summed E-state index contributed by atoms with van der Waals surface area (Å²) in [6.07, 6.45) is 2.99. The van der Waals surface area contributed by atoms with E-state index in [-0.39, 0.29) is 6.04 Å². The third-order valence-electron chi connectivity index (χ3n) is 4.15. The molecule has 0 saturated carbocycles. The second kappa shape index (κ2) is 6.86. The van der Waals surface area contributed by atoms with Gasteiger partial charge in [0.1, 0.15) is 0 Å². The number of nitrogens with zero attached hydrogens (tertiary/aromatic N) is 1. The van der Waals surface area contributed by atoms with E-state index in [1.165, 1.54) is 27.8 Å². The molecule has 112 valence electrons. The van der Waals surface area contributed by atoms with Gasteiger partial charge in [-0.2, -0.15) is 0 Å². The standard InChI is InChI=1S/C19H26N2/c1-6-9-21-19(17-8-7-10-20-16(17)5)18-12-14(3)13(2)11-15(18)4/h7-8,10-12,19,21H,6,9H2,1-5H3. The Morgan fingerprint density at radius 3 is 2.38 bits per heavy atom. The van der Waals surface area contributed by atoms with Crippen LogP contribution in [0, 0.1) is 27.7 Å².